The first-order valence-corrected chi connectivity index (χ1v) is 9.12. The molecule has 144 valence electrons. The lowest BCUT2D eigenvalue weighted by Gasteiger charge is -2.25. The van der Waals surface area contributed by atoms with Gasteiger partial charge in [-0.05, 0) is 42.0 Å². The molecule has 2 aromatic heterocycles. The lowest BCUT2D eigenvalue weighted by molar-refractivity contribution is 0.0716. The van der Waals surface area contributed by atoms with Crippen LogP contribution in [0.5, 0.6) is 11.5 Å². The molecule has 0 saturated heterocycles. The van der Waals surface area contributed by atoms with E-state index >= 15 is 0 Å². The smallest absolute Gasteiger partial charge is 0.273 e. The second kappa shape index (κ2) is 6.56. The fourth-order valence-corrected chi connectivity index (χ4v) is 3.85. The van der Waals surface area contributed by atoms with Gasteiger partial charge in [0.05, 0.1) is 18.8 Å². The second-order valence-electron chi connectivity index (χ2n) is 6.89. The van der Waals surface area contributed by atoms with E-state index < -0.39 is 6.04 Å². The number of furan rings is 1. The van der Waals surface area contributed by atoms with Crippen LogP contribution in [0, 0.1) is 0 Å². The molecule has 0 saturated carbocycles. The number of phenolic OH excluding ortho intramolecular Hbond substituents is 2. The van der Waals surface area contributed by atoms with Gasteiger partial charge in [-0.1, -0.05) is 24.3 Å². The molecule has 1 atom stereocenters. The van der Waals surface area contributed by atoms with Crippen molar-refractivity contribution in [2.24, 2.45) is 0 Å². The van der Waals surface area contributed by atoms with Crippen molar-refractivity contribution < 1.29 is 19.4 Å². The number of hydrogen-bond acceptors (Lipinski definition) is 5. The Morgan fingerprint density at radius 2 is 1.93 bits per heavy atom. The first-order chi connectivity index (χ1) is 14.1. The van der Waals surface area contributed by atoms with Crippen molar-refractivity contribution in [3.63, 3.8) is 0 Å². The van der Waals surface area contributed by atoms with Crippen LogP contribution < -0.4 is 0 Å². The molecule has 5 rings (SSSR count). The van der Waals surface area contributed by atoms with Crippen LogP contribution in [0.15, 0.2) is 71.3 Å². The van der Waals surface area contributed by atoms with Crippen molar-refractivity contribution in [3.8, 4) is 22.8 Å². The van der Waals surface area contributed by atoms with Crippen LogP contribution in [-0.4, -0.2) is 31.2 Å². The van der Waals surface area contributed by atoms with Gasteiger partial charge in [0, 0.05) is 11.1 Å². The summed E-state index contributed by atoms with van der Waals surface area (Å²) in [6.45, 7) is 0.259. The molecule has 1 amide bonds. The normalized spacial score (nSPS) is 15.7. The number of H-pyrrole nitrogens is 1. The van der Waals surface area contributed by atoms with E-state index in [9.17, 15) is 15.0 Å². The molecule has 4 aromatic rings. The summed E-state index contributed by atoms with van der Waals surface area (Å²) in [5.74, 6) is 0.604. The van der Waals surface area contributed by atoms with Crippen LogP contribution in [0.25, 0.3) is 11.3 Å². The van der Waals surface area contributed by atoms with E-state index in [-0.39, 0.29) is 24.0 Å². The summed E-state index contributed by atoms with van der Waals surface area (Å²) in [5.41, 5.74) is 2.79. The molecule has 3 heterocycles. The highest BCUT2D eigenvalue weighted by atomic mass is 16.3. The zero-order chi connectivity index (χ0) is 20.0. The summed E-state index contributed by atoms with van der Waals surface area (Å²) < 4.78 is 5.45. The predicted octanol–water partition coefficient (Wildman–Crippen LogP) is 3.83. The molecule has 3 N–H and O–H groups in total. The first kappa shape index (κ1) is 17.1. The van der Waals surface area contributed by atoms with Crippen molar-refractivity contribution in [2.75, 3.05) is 0 Å². The third-order valence-electron chi connectivity index (χ3n) is 5.12. The summed E-state index contributed by atoms with van der Waals surface area (Å²) >= 11 is 0. The van der Waals surface area contributed by atoms with Gasteiger partial charge in [-0.15, -0.1) is 0 Å². The number of phenols is 2. The molecule has 0 spiro atoms. The number of rotatable bonds is 4. The maximum atomic E-state index is 13.2. The highest BCUT2D eigenvalue weighted by Gasteiger charge is 2.42. The molecule has 29 heavy (non-hydrogen) atoms. The minimum atomic E-state index is -0.497. The number of nitrogens with zero attached hydrogens (tertiary/aromatic N) is 2. The molecule has 0 unspecified atom stereocenters. The fraction of sp³-hybridized carbons (Fsp3) is 0.0909. The van der Waals surface area contributed by atoms with Crippen LogP contribution in [0.4, 0.5) is 0 Å². The average molecular weight is 387 g/mol. The van der Waals surface area contributed by atoms with E-state index in [4.69, 9.17) is 4.42 Å². The number of fused-ring (bicyclic) bond motifs is 1. The van der Waals surface area contributed by atoms with Gasteiger partial charge in [0.1, 0.15) is 28.6 Å². The first-order valence-electron chi connectivity index (χ1n) is 9.12. The highest BCUT2D eigenvalue weighted by molar-refractivity contribution is 6.00. The molecule has 1 aliphatic heterocycles. The van der Waals surface area contributed by atoms with E-state index in [1.807, 2.05) is 12.1 Å². The number of aromatic amines is 1. The lowest BCUT2D eigenvalue weighted by atomic mass is 9.95. The molecule has 0 aliphatic carbocycles. The highest BCUT2D eigenvalue weighted by Crippen LogP contribution is 2.45. The fourth-order valence-electron chi connectivity index (χ4n) is 3.85. The Kier molecular flexibility index (Phi) is 3.87. The minimum Gasteiger partial charge on any atom is -0.508 e. The Bertz CT molecular complexity index is 1200. The van der Waals surface area contributed by atoms with Gasteiger partial charge in [0.2, 0.25) is 0 Å². The molecular formula is C22H17N3O4. The molecule has 0 fully saturated rings. The van der Waals surface area contributed by atoms with Gasteiger partial charge in [-0.2, -0.15) is 5.10 Å². The van der Waals surface area contributed by atoms with E-state index in [0.29, 0.717) is 28.3 Å². The number of amides is 1. The predicted molar refractivity (Wildman–Crippen MR) is 104 cm³/mol. The Labute approximate surface area is 165 Å². The van der Waals surface area contributed by atoms with Crippen molar-refractivity contribution in [1.82, 2.24) is 15.1 Å². The number of nitrogens with one attached hydrogen (secondary N) is 1. The summed E-state index contributed by atoms with van der Waals surface area (Å²) in [7, 11) is 0. The topological polar surface area (TPSA) is 103 Å². The Morgan fingerprint density at radius 1 is 1.07 bits per heavy atom. The van der Waals surface area contributed by atoms with Crippen LogP contribution in [-0.2, 0) is 6.54 Å². The number of aromatic nitrogens is 2. The Balaban J connectivity index is 1.69. The monoisotopic (exact) mass is 387 g/mol. The standard InChI is InChI=1S/C22H17N3O4/c26-14-6-3-5-13(11-14)21-18-19(16-8-1-2-9-17(16)27)23-24-20(18)22(28)25(21)12-15-7-4-10-29-15/h1-11,21,26-27H,12H2,(H,23,24)/t21-/m0/s1. The Hall–Kier alpha value is -4.00. The molecule has 7 heteroatoms. The van der Waals surface area contributed by atoms with E-state index in [1.54, 1.807) is 59.7 Å². The maximum absolute atomic E-state index is 13.2. The van der Waals surface area contributed by atoms with Gasteiger partial charge in [0.25, 0.3) is 5.91 Å². The van der Waals surface area contributed by atoms with Gasteiger partial charge in [0.15, 0.2) is 0 Å². The zero-order valence-electron chi connectivity index (χ0n) is 15.2. The second-order valence-corrected chi connectivity index (χ2v) is 6.89. The van der Waals surface area contributed by atoms with Gasteiger partial charge < -0.3 is 19.5 Å². The third-order valence-corrected chi connectivity index (χ3v) is 5.12. The van der Waals surface area contributed by atoms with Gasteiger partial charge in [-0.25, -0.2) is 0 Å². The van der Waals surface area contributed by atoms with Gasteiger partial charge in [-0.3, -0.25) is 9.89 Å². The molecule has 0 radical (unpaired) electrons. The molecule has 0 bridgehead atoms. The van der Waals surface area contributed by atoms with Crippen molar-refractivity contribution in [3.05, 3.63) is 89.5 Å². The van der Waals surface area contributed by atoms with Crippen molar-refractivity contribution >= 4 is 5.91 Å². The third kappa shape index (κ3) is 2.75. The number of carbonyl (C=O) groups is 1. The number of benzene rings is 2. The van der Waals surface area contributed by atoms with Crippen LogP contribution >= 0.6 is 0 Å². The SMILES string of the molecule is O=C1c2[nH]nc(-c3ccccc3O)c2[C@H](c2cccc(O)c2)N1Cc1ccco1. The van der Waals surface area contributed by atoms with E-state index in [2.05, 4.69) is 10.2 Å². The average Bonchev–Trinajstić information content (AvgIpc) is 3.42. The summed E-state index contributed by atoms with van der Waals surface area (Å²) in [5, 5.41) is 27.5. The minimum absolute atomic E-state index is 0.0772. The van der Waals surface area contributed by atoms with Gasteiger partial charge >= 0.3 is 0 Å². The van der Waals surface area contributed by atoms with Crippen LogP contribution in [0.3, 0.4) is 0 Å². The molecular weight excluding hydrogens is 370 g/mol. The summed E-state index contributed by atoms with van der Waals surface area (Å²) in [4.78, 5) is 14.9. The quantitative estimate of drug-likeness (QED) is 0.494. The number of hydrogen-bond donors (Lipinski definition) is 3. The molecule has 7 nitrogen and oxygen atoms in total. The zero-order valence-corrected chi connectivity index (χ0v) is 15.2. The maximum Gasteiger partial charge on any atom is 0.273 e. The number of aromatic hydroxyl groups is 2. The van der Waals surface area contributed by atoms with Crippen LogP contribution in [0.2, 0.25) is 0 Å². The largest absolute Gasteiger partial charge is 0.508 e. The van der Waals surface area contributed by atoms with Crippen molar-refractivity contribution in [2.45, 2.75) is 12.6 Å². The summed E-state index contributed by atoms with van der Waals surface area (Å²) in [6, 6.07) is 16.7. The van der Waals surface area contributed by atoms with Crippen LogP contribution in [0.1, 0.15) is 33.4 Å². The number of carbonyl (C=O) groups excluding carboxylic acids is 1. The van der Waals surface area contributed by atoms with E-state index in [1.165, 1.54) is 0 Å². The van der Waals surface area contributed by atoms with Crippen molar-refractivity contribution in [1.29, 1.82) is 0 Å². The number of para-hydroxylation sites is 1. The Morgan fingerprint density at radius 3 is 2.69 bits per heavy atom. The van der Waals surface area contributed by atoms with E-state index in [0.717, 1.165) is 5.56 Å². The lowest BCUT2D eigenvalue weighted by Crippen LogP contribution is -2.28. The summed E-state index contributed by atoms with van der Waals surface area (Å²) in [6.07, 6.45) is 1.56. The molecule has 2 aromatic carbocycles. The molecule has 1 aliphatic rings.